The van der Waals surface area contributed by atoms with Crippen LogP contribution in [-0.2, 0) is 0 Å². The zero-order chi connectivity index (χ0) is 38.3. The first-order chi connectivity index (χ1) is 25.0. The summed E-state index contributed by atoms with van der Waals surface area (Å²) in [6, 6.07) is 13.3. The molecule has 8 nitrogen and oxygen atoms in total. The summed E-state index contributed by atoms with van der Waals surface area (Å²) in [6.45, 7) is 8.26. The van der Waals surface area contributed by atoms with Gasteiger partial charge in [0, 0.05) is 75.5 Å². The summed E-state index contributed by atoms with van der Waals surface area (Å²) in [5, 5.41) is 84.5. The van der Waals surface area contributed by atoms with Crippen molar-refractivity contribution < 1.29 is 40.9 Å². The van der Waals surface area contributed by atoms with Gasteiger partial charge < -0.3 is 40.9 Å². The Kier molecular flexibility index (Phi) is 9.60. The molecule has 8 N–H and O–H groups in total. The molecular formula is C45H46O8. The zero-order valence-corrected chi connectivity index (χ0v) is 30.2. The number of hydrogen-bond donors (Lipinski definition) is 8. The van der Waals surface area contributed by atoms with E-state index in [4.69, 9.17) is 0 Å². The van der Waals surface area contributed by atoms with Crippen LogP contribution in [0.15, 0.2) is 150 Å². The molecule has 6 rings (SSSR count). The molecule has 0 saturated carbocycles. The number of aliphatic hydroxyl groups excluding tert-OH is 2. The minimum Gasteiger partial charge on any atom is -0.512 e. The van der Waals surface area contributed by atoms with E-state index in [0.717, 1.165) is 11.1 Å². The predicted octanol–water partition coefficient (Wildman–Crippen LogP) is 10.0. The Labute approximate surface area is 309 Å². The highest BCUT2D eigenvalue weighted by atomic mass is 16.3. The van der Waals surface area contributed by atoms with Gasteiger partial charge in [0.05, 0.1) is 5.76 Å². The molecule has 3 aliphatic rings. The molecule has 0 fully saturated rings. The fraction of sp³-hybridized carbons (Fsp3) is 0.244. The Bertz CT molecular complexity index is 2140. The number of aliphatic hydroxyl groups is 2. The molecule has 8 heteroatoms. The summed E-state index contributed by atoms with van der Waals surface area (Å²) >= 11 is 0. The van der Waals surface area contributed by atoms with Gasteiger partial charge >= 0.3 is 0 Å². The summed E-state index contributed by atoms with van der Waals surface area (Å²) in [6.07, 6.45) is 22.4. The molecule has 53 heavy (non-hydrogen) atoms. The molecule has 0 radical (unpaired) electrons. The highest BCUT2D eigenvalue weighted by molar-refractivity contribution is 5.56. The van der Waals surface area contributed by atoms with E-state index in [1.54, 1.807) is 18.2 Å². The molecule has 3 unspecified atom stereocenters. The molecule has 0 bridgehead atoms. The van der Waals surface area contributed by atoms with Crippen LogP contribution in [0.5, 0.6) is 34.5 Å². The fourth-order valence-corrected chi connectivity index (χ4v) is 7.93. The maximum atomic E-state index is 11.1. The van der Waals surface area contributed by atoms with Gasteiger partial charge in [0.1, 0.15) is 40.3 Å². The van der Waals surface area contributed by atoms with Crippen molar-refractivity contribution in [3.8, 4) is 34.5 Å². The van der Waals surface area contributed by atoms with Gasteiger partial charge in [0.15, 0.2) is 0 Å². The van der Waals surface area contributed by atoms with Crippen LogP contribution < -0.4 is 0 Å². The summed E-state index contributed by atoms with van der Waals surface area (Å²) in [5.74, 6) is -1.71. The Balaban J connectivity index is 1.37. The van der Waals surface area contributed by atoms with Crippen LogP contribution in [0.25, 0.3) is 0 Å². The molecule has 0 heterocycles. The van der Waals surface area contributed by atoms with Gasteiger partial charge in [-0.05, 0) is 41.3 Å². The Morgan fingerprint density at radius 1 is 0.547 bits per heavy atom. The molecule has 0 amide bonds. The van der Waals surface area contributed by atoms with Crippen molar-refractivity contribution in [2.24, 2.45) is 16.2 Å². The first-order valence-electron chi connectivity index (χ1n) is 17.6. The van der Waals surface area contributed by atoms with Crippen LogP contribution in [0.4, 0.5) is 0 Å². The third kappa shape index (κ3) is 7.09. The van der Waals surface area contributed by atoms with Crippen LogP contribution >= 0.6 is 0 Å². The van der Waals surface area contributed by atoms with Crippen LogP contribution in [0.2, 0.25) is 0 Å². The van der Waals surface area contributed by atoms with Crippen molar-refractivity contribution in [3.63, 3.8) is 0 Å². The predicted molar refractivity (Wildman–Crippen MR) is 206 cm³/mol. The van der Waals surface area contributed by atoms with Crippen molar-refractivity contribution in [1.82, 2.24) is 0 Å². The van der Waals surface area contributed by atoms with E-state index < -0.39 is 28.1 Å². The van der Waals surface area contributed by atoms with E-state index in [1.165, 1.54) is 42.5 Å². The van der Waals surface area contributed by atoms with E-state index in [2.05, 4.69) is 26.0 Å². The largest absolute Gasteiger partial charge is 0.512 e. The van der Waals surface area contributed by atoms with Crippen molar-refractivity contribution >= 4 is 0 Å². The van der Waals surface area contributed by atoms with Gasteiger partial charge in [-0.2, -0.15) is 0 Å². The number of phenolic OH excluding ortho intramolecular Hbond substituents is 6. The fourth-order valence-electron chi connectivity index (χ4n) is 7.93. The van der Waals surface area contributed by atoms with Crippen LogP contribution in [0.3, 0.4) is 0 Å². The van der Waals surface area contributed by atoms with E-state index in [1.807, 2.05) is 62.5 Å². The van der Waals surface area contributed by atoms with E-state index in [0.29, 0.717) is 35.1 Å². The van der Waals surface area contributed by atoms with E-state index >= 15 is 0 Å². The van der Waals surface area contributed by atoms with Crippen LogP contribution in [-0.4, -0.2) is 40.9 Å². The van der Waals surface area contributed by atoms with Crippen molar-refractivity contribution in [2.75, 3.05) is 0 Å². The third-order valence-electron chi connectivity index (χ3n) is 11.0. The smallest absolute Gasteiger partial charge is 0.123 e. The monoisotopic (exact) mass is 714 g/mol. The molecule has 3 aromatic carbocycles. The van der Waals surface area contributed by atoms with Gasteiger partial charge in [-0.25, -0.2) is 0 Å². The Hall–Kier alpha value is -6.02. The number of allylic oxidation sites excluding steroid dienone is 15. The maximum absolute atomic E-state index is 11.1. The van der Waals surface area contributed by atoms with Crippen molar-refractivity contribution in [2.45, 2.75) is 52.4 Å². The molecular weight excluding hydrogens is 668 g/mol. The second-order valence-electron chi connectivity index (χ2n) is 15.1. The first-order valence-corrected chi connectivity index (χ1v) is 17.6. The van der Waals surface area contributed by atoms with Gasteiger partial charge in [-0.15, -0.1) is 0 Å². The normalized spacial score (nSPS) is 22.2. The number of rotatable bonds is 8. The molecule has 3 aromatic rings. The second-order valence-corrected chi connectivity index (χ2v) is 15.1. The molecule has 0 saturated heterocycles. The van der Waals surface area contributed by atoms with E-state index in [-0.39, 0.29) is 46.0 Å². The average molecular weight is 715 g/mol. The van der Waals surface area contributed by atoms with Crippen LogP contribution in [0, 0.1) is 16.2 Å². The summed E-state index contributed by atoms with van der Waals surface area (Å²) in [5.41, 5.74) is 2.07. The van der Waals surface area contributed by atoms with Gasteiger partial charge in [0.2, 0.25) is 0 Å². The minimum absolute atomic E-state index is 0.0462. The van der Waals surface area contributed by atoms with Gasteiger partial charge in [-0.3, -0.25) is 0 Å². The summed E-state index contributed by atoms with van der Waals surface area (Å²) in [7, 11) is 0. The number of phenols is 6. The quantitative estimate of drug-likeness (QED) is 0.114. The summed E-state index contributed by atoms with van der Waals surface area (Å²) in [4.78, 5) is 0. The zero-order valence-electron chi connectivity index (χ0n) is 30.2. The molecule has 3 aliphatic carbocycles. The van der Waals surface area contributed by atoms with Crippen molar-refractivity contribution in [1.29, 1.82) is 0 Å². The number of hydrogen-bond acceptors (Lipinski definition) is 8. The molecule has 274 valence electrons. The lowest BCUT2D eigenvalue weighted by Crippen LogP contribution is -2.25. The number of aromatic hydroxyl groups is 6. The van der Waals surface area contributed by atoms with Gasteiger partial charge in [0.25, 0.3) is 0 Å². The highest BCUT2D eigenvalue weighted by Crippen LogP contribution is 2.53. The average Bonchev–Trinajstić information content (AvgIpc) is 3.42. The van der Waals surface area contributed by atoms with E-state index in [9.17, 15) is 40.9 Å². The lowest BCUT2D eigenvalue weighted by molar-refractivity contribution is 0.339. The van der Waals surface area contributed by atoms with Crippen molar-refractivity contribution in [3.05, 3.63) is 166 Å². The lowest BCUT2D eigenvalue weighted by Gasteiger charge is -2.37. The maximum Gasteiger partial charge on any atom is 0.123 e. The summed E-state index contributed by atoms with van der Waals surface area (Å²) < 4.78 is 0. The molecule has 0 aliphatic heterocycles. The Morgan fingerprint density at radius 2 is 0.962 bits per heavy atom. The Morgan fingerprint density at radius 3 is 1.38 bits per heavy atom. The van der Waals surface area contributed by atoms with Gasteiger partial charge in [-0.1, -0.05) is 107 Å². The topological polar surface area (TPSA) is 162 Å². The molecule has 0 spiro atoms. The lowest BCUT2D eigenvalue weighted by atomic mass is 9.67. The second kappa shape index (κ2) is 13.8. The highest BCUT2D eigenvalue weighted by Gasteiger charge is 2.40. The standard InChI is InChI=1S/C45H46O8/c1-43(2,27-7-5-19-44(3,21-17-27)41(33-13-9-29(46)23-37(33)50)34-14-10-30(47)24-38(34)51)28-8-6-20-45(4,22-18-28)42(35-15-11-31(48)25-39(35)52)36-16-12-32(49)26-40(36)53/h5-11,13-15,17-26,41-42,46-53H,12,16H2,1-4H3. The first kappa shape index (κ1) is 36.8. The minimum atomic E-state index is -0.790. The number of benzene rings is 3. The SMILES string of the molecule is CC(C)(C1=CC=CC(C)(C(C2=C(O)C=C(O)CC2)c2ccc(O)cc2O)C=C1)C1=CC=CC(C)(C(c2ccc(O)cc2O)c2ccc(O)cc2O)C=C1. The third-order valence-corrected chi connectivity index (χ3v) is 11.0. The van der Waals surface area contributed by atoms with Crippen LogP contribution in [0.1, 0.15) is 69.1 Å². The molecule has 0 aromatic heterocycles. The molecule has 3 atom stereocenters.